The number of hydrogen-bond acceptors (Lipinski definition) is 18. The second kappa shape index (κ2) is 19.9. The van der Waals surface area contributed by atoms with E-state index in [1.807, 2.05) is 48.5 Å². The quantitative estimate of drug-likeness (QED) is 0.114. The summed E-state index contributed by atoms with van der Waals surface area (Å²) < 4.78 is 69.9. The third kappa shape index (κ3) is 11.2. The largest absolute Gasteiger partial charge is 0.491 e. The van der Waals surface area contributed by atoms with Crippen molar-refractivity contribution in [2.45, 2.75) is 18.0 Å². The number of sulfone groups is 1. The molecular weight excluding hydrogens is 807 g/mol. The number of ether oxygens (including phenoxy) is 2. The molecule has 60 heavy (non-hydrogen) atoms. The monoisotopic (exact) mass is 846 g/mol. The first kappa shape index (κ1) is 42.3. The van der Waals surface area contributed by atoms with Gasteiger partial charge in [-0.15, -0.1) is 10.2 Å². The van der Waals surface area contributed by atoms with Crippen LogP contribution in [0, 0.1) is 0 Å². The molecule has 0 saturated heterocycles. The van der Waals surface area contributed by atoms with Crippen LogP contribution in [0.15, 0.2) is 99.3 Å². The molecule has 7 N–H and O–H groups in total. The van der Waals surface area contributed by atoms with E-state index in [2.05, 4.69) is 45.4 Å². The van der Waals surface area contributed by atoms with Gasteiger partial charge in [0, 0.05) is 12.8 Å². The second-order valence-corrected chi connectivity index (χ2v) is 14.3. The van der Waals surface area contributed by atoms with Crippen LogP contribution in [0.4, 0.5) is 26.6 Å². The lowest BCUT2D eigenvalue weighted by molar-refractivity contribution is 0.273. The zero-order valence-electron chi connectivity index (χ0n) is 32.1. The molecule has 0 amide bonds. The predicted molar refractivity (Wildman–Crippen MR) is 215 cm³/mol. The second-order valence-electron chi connectivity index (χ2n) is 12.4. The molecule has 2 aromatic carbocycles. The minimum atomic E-state index is -3.57. The normalized spacial score (nSPS) is 11.1. The van der Waals surface area contributed by atoms with Gasteiger partial charge in [-0.05, 0) is 79.0 Å². The average Bonchev–Trinajstić information content (AvgIpc) is 4.08. The standard InChI is InChI=1S/C18H18FN7O2.C10H14FNO.C9H8N6O3S/c19-8-11-27-13-5-3-12(4-6-13)7-9-21-17-23-16(20)26-18(24-17)22-15(25-26)14-2-1-10-28-14;11-6-8-13-10-3-1-9(2-4-10)5-7-12;1-19(16,17)9-12-7(10)15-8(13-9)11-6(14-15)5-3-2-4-18-5/h1-6,10H,7-9,11H2,(H3,20,21,22,23,24,25);1-4H,5-8,12H2;2-4H,1H3,(H2,10,11,12,13,14). The number of rotatable bonds is 15. The van der Waals surface area contributed by atoms with Crippen LogP contribution in [0.3, 0.4) is 0 Å². The SMILES string of the molecule is CS(=O)(=O)c1nc(N)n2nc(-c3ccco3)nc2n1.NCCc1ccc(OCCF)cc1.Nc1nc(NCCc2ccc(OCCF)cc2)nc2nc(-c3ccco3)nn12. The van der Waals surface area contributed by atoms with Crippen LogP contribution in [-0.2, 0) is 22.7 Å². The van der Waals surface area contributed by atoms with E-state index in [9.17, 15) is 17.2 Å². The predicted octanol–water partition coefficient (Wildman–Crippen LogP) is 3.67. The van der Waals surface area contributed by atoms with Gasteiger partial charge in [-0.2, -0.15) is 38.9 Å². The molecule has 0 spiro atoms. The third-order valence-corrected chi connectivity index (χ3v) is 8.78. The van der Waals surface area contributed by atoms with Crippen LogP contribution < -0.4 is 32.0 Å². The zero-order valence-corrected chi connectivity index (χ0v) is 32.9. The van der Waals surface area contributed by atoms with Gasteiger partial charge in [-0.25, -0.2) is 17.2 Å². The van der Waals surface area contributed by atoms with E-state index in [0.29, 0.717) is 53.7 Å². The van der Waals surface area contributed by atoms with Crippen molar-refractivity contribution < 1.29 is 35.5 Å². The molecule has 0 atom stereocenters. The minimum absolute atomic E-state index is 0.0410. The Hall–Kier alpha value is -7.27. The van der Waals surface area contributed by atoms with Gasteiger partial charge in [-0.3, -0.25) is 0 Å². The van der Waals surface area contributed by atoms with E-state index in [0.717, 1.165) is 29.2 Å². The molecule has 8 rings (SSSR count). The van der Waals surface area contributed by atoms with Gasteiger partial charge in [-0.1, -0.05) is 24.3 Å². The summed E-state index contributed by atoms with van der Waals surface area (Å²) in [4.78, 5) is 24.4. The van der Waals surface area contributed by atoms with Crippen LogP contribution in [0.1, 0.15) is 11.1 Å². The number of benzene rings is 2. The van der Waals surface area contributed by atoms with Gasteiger partial charge in [0.1, 0.15) is 38.1 Å². The zero-order chi connectivity index (χ0) is 42.5. The molecule has 23 heteroatoms. The molecule has 8 aromatic rings. The summed E-state index contributed by atoms with van der Waals surface area (Å²) in [6.07, 6.45) is 5.61. The Morgan fingerprint density at radius 3 is 1.65 bits per heavy atom. The number of furan rings is 2. The number of fused-ring (bicyclic) bond motifs is 2. The molecule has 0 aliphatic heterocycles. The summed E-state index contributed by atoms with van der Waals surface area (Å²) in [7, 11) is -3.57. The van der Waals surface area contributed by atoms with E-state index >= 15 is 0 Å². The molecule has 314 valence electrons. The molecule has 0 radical (unpaired) electrons. The smallest absolute Gasteiger partial charge is 0.259 e. The maximum atomic E-state index is 12.1. The Morgan fingerprint density at radius 2 is 1.18 bits per heavy atom. The Bertz CT molecular complexity index is 2680. The number of anilines is 3. The molecule has 0 bridgehead atoms. The summed E-state index contributed by atoms with van der Waals surface area (Å²) in [5, 5.41) is 11.0. The van der Waals surface area contributed by atoms with Gasteiger partial charge in [0.15, 0.2) is 11.5 Å². The number of halogens is 2. The van der Waals surface area contributed by atoms with Crippen LogP contribution in [0.25, 0.3) is 34.7 Å². The lowest BCUT2D eigenvalue weighted by Gasteiger charge is -2.07. The van der Waals surface area contributed by atoms with Gasteiger partial charge in [0.25, 0.3) is 16.7 Å². The fraction of sp³-hybridized carbons (Fsp3) is 0.243. The first-order valence-corrected chi connectivity index (χ1v) is 20.0. The molecule has 20 nitrogen and oxygen atoms in total. The maximum Gasteiger partial charge on any atom is 0.259 e. The number of nitrogen functional groups attached to an aromatic ring is 2. The molecule has 0 saturated carbocycles. The molecule has 0 unspecified atom stereocenters. The van der Waals surface area contributed by atoms with Crippen molar-refractivity contribution >= 4 is 39.2 Å². The van der Waals surface area contributed by atoms with Crippen molar-refractivity contribution in [3.63, 3.8) is 0 Å². The van der Waals surface area contributed by atoms with Gasteiger partial charge in [0.05, 0.1) is 12.5 Å². The number of alkyl halides is 2. The summed E-state index contributed by atoms with van der Waals surface area (Å²) in [5.74, 6) is 3.73. The lowest BCUT2D eigenvalue weighted by Crippen LogP contribution is -2.12. The van der Waals surface area contributed by atoms with Gasteiger partial charge >= 0.3 is 0 Å². The van der Waals surface area contributed by atoms with E-state index in [4.69, 9.17) is 35.5 Å². The first-order chi connectivity index (χ1) is 29.0. The fourth-order valence-electron chi connectivity index (χ4n) is 5.16. The van der Waals surface area contributed by atoms with Crippen molar-refractivity contribution in [1.29, 1.82) is 0 Å². The fourth-order valence-corrected chi connectivity index (χ4v) is 5.67. The number of hydrogen-bond donors (Lipinski definition) is 4. The Kier molecular flexibility index (Phi) is 14.1. The molecule has 6 heterocycles. The summed E-state index contributed by atoms with van der Waals surface area (Å²) in [6.45, 7) is 0.464. The molecule has 0 fully saturated rings. The van der Waals surface area contributed by atoms with E-state index in [1.54, 1.807) is 30.5 Å². The van der Waals surface area contributed by atoms with E-state index in [-0.39, 0.29) is 36.7 Å². The van der Waals surface area contributed by atoms with Gasteiger partial charge < -0.3 is 40.8 Å². The third-order valence-electron chi connectivity index (χ3n) is 7.93. The van der Waals surface area contributed by atoms with Crippen molar-refractivity contribution in [3.8, 4) is 34.7 Å². The van der Waals surface area contributed by atoms with Crippen LogP contribution >= 0.6 is 0 Å². The molecule has 6 aromatic heterocycles. The summed E-state index contributed by atoms with van der Waals surface area (Å²) in [5.41, 5.74) is 19.3. The number of nitrogens with two attached hydrogens (primary N) is 3. The van der Waals surface area contributed by atoms with E-state index in [1.165, 1.54) is 16.3 Å². The summed E-state index contributed by atoms with van der Waals surface area (Å²) in [6, 6.07) is 21.9. The van der Waals surface area contributed by atoms with Crippen LogP contribution in [0.2, 0.25) is 0 Å². The number of aromatic nitrogens is 10. The Balaban J connectivity index is 0.000000163. The van der Waals surface area contributed by atoms with Crippen molar-refractivity contribution in [1.82, 2.24) is 49.1 Å². The minimum Gasteiger partial charge on any atom is -0.491 e. The highest BCUT2D eigenvalue weighted by Crippen LogP contribution is 2.20. The highest BCUT2D eigenvalue weighted by Gasteiger charge is 2.18. The first-order valence-electron chi connectivity index (χ1n) is 18.1. The van der Waals surface area contributed by atoms with Crippen LogP contribution in [0.5, 0.6) is 11.5 Å². The summed E-state index contributed by atoms with van der Waals surface area (Å²) >= 11 is 0. The topological polar surface area (TPSA) is 281 Å². The number of nitrogens with one attached hydrogen (secondary N) is 1. The van der Waals surface area contributed by atoms with Gasteiger partial charge in [0.2, 0.25) is 39.3 Å². The Morgan fingerprint density at radius 1 is 0.683 bits per heavy atom. The van der Waals surface area contributed by atoms with Crippen molar-refractivity contribution in [3.05, 3.63) is 96.4 Å². The molecule has 0 aliphatic carbocycles. The molecule has 0 aliphatic rings. The van der Waals surface area contributed by atoms with Crippen LogP contribution in [-0.4, -0.2) is 103 Å². The number of nitrogens with zero attached hydrogens (tertiary/aromatic N) is 10. The maximum absolute atomic E-state index is 12.1. The Labute approximate surface area is 340 Å². The molecular formula is C37H40F2N14O6S. The van der Waals surface area contributed by atoms with Crippen molar-refractivity contribution in [2.24, 2.45) is 5.73 Å². The average molecular weight is 847 g/mol. The highest BCUT2D eigenvalue weighted by molar-refractivity contribution is 7.90. The highest BCUT2D eigenvalue weighted by atomic mass is 32.2. The lowest BCUT2D eigenvalue weighted by atomic mass is 10.1. The van der Waals surface area contributed by atoms with Crippen molar-refractivity contribution in [2.75, 3.05) is 62.7 Å². The van der Waals surface area contributed by atoms with E-state index < -0.39 is 28.3 Å².